The second-order valence-electron chi connectivity index (χ2n) is 13.7. The van der Waals surface area contributed by atoms with Crippen molar-refractivity contribution in [2.24, 2.45) is 0 Å². The average Bonchev–Trinajstić information content (AvgIpc) is 3.83. The summed E-state index contributed by atoms with van der Waals surface area (Å²) in [5.41, 5.74) is 13.3. The van der Waals surface area contributed by atoms with Gasteiger partial charge in [-0.25, -0.2) is 4.98 Å². The molecule has 0 aliphatic rings. The van der Waals surface area contributed by atoms with Crippen LogP contribution in [0.1, 0.15) is 20.8 Å². The highest BCUT2D eigenvalue weighted by atomic mass is 15.0. The van der Waals surface area contributed by atoms with Crippen molar-refractivity contribution < 1.29 is 0 Å². The first-order valence-corrected chi connectivity index (χ1v) is 20.2. The van der Waals surface area contributed by atoms with Crippen LogP contribution >= 0.6 is 0 Å². The maximum atomic E-state index is 5.23. The number of aromatic nitrogens is 3. The molecule has 0 aliphatic heterocycles. The molecule has 0 N–H and O–H groups in total. The Morgan fingerprint density at radius 3 is 1.15 bits per heavy atom. The van der Waals surface area contributed by atoms with Gasteiger partial charge in [0.15, 0.2) is 0 Å². The van der Waals surface area contributed by atoms with Gasteiger partial charge in [-0.15, -0.1) is 6.58 Å². The molecule has 7 aromatic carbocycles. The van der Waals surface area contributed by atoms with E-state index in [4.69, 9.17) is 4.98 Å². The van der Waals surface area contributed by atoms with E-state index >= 15 is 0 Å². The highest BCUT2D eigenvalue weighted by Crippen LogP contribution is 2.40. The molecule has 0 amide bonds. The van der Waals surface area contributed by atoms with Crippen molar-refractivity contribution >= 4 is 43.6 Å². The highest BCUT2D eigenvalue weighted by molar-refractivity contribution is 6.11. The number of nitrogens with zero attached hydrogens (tertiary/aromatic N) is 3. The topological polar surface area (TPSA) is 22.8 Å². The quantitative estimate of drug-likeness (QED) is 0.122. The molecule has 0 atom stereocenters. The van der Waals surface area contributed by atoms with Crippen LogP contribution in [0, 0.1) is 0 Å². The molecular formula is C56H49N3. The Labute approximate surface area is 348 Å². The van der Waals surface area contributed by atoms with Gasteiger partial charge in [-0.2, -0.15) is 0 Å². The molecule has 0 spiro atoms. The fourth-order valence-corrected chi connectivity index (χ4v) is 7.67. The van der Waals surface area contributed by atoms with E-state index in [2.05, 4.69) is 217 Å². The minimum atomic E-state index is 0.942. The first-order chi connectivity index (χ1) is 29.1. The lowest BCUT2D eigenvalue weighted by Gasteiger charge is -2.18. The van der Waals surface area contributed by atoms with E-state index in [1.165, 1.54) is 43.6 Å². The fourth-order valence-electron chi connectivity index (χ4n) is 7.67. The van der Waals surface area contributed by atoms with Crippen LogP contribution in [0.4, 0.5) is 0 Å². The summed E-state index contributed by atoms with van der Waals surface area (Å²) >= 11 is 0. The summed E-state index contributed by atoms with van der Waals surface area (Å²) in [6.07, 6.45) is 5.03. The standard InChI is InChI=1S/C47H31N3.C4H6.C3H6.C2H6/c1-3-15-32(16-4-1)41-29-34(30-42(48-41)33-17-5-2-6-18-33)40-31-35(49-43-23-11-7-19-36(43)37-20-8-12-24-44(37)49)27-28-47(40)50-45-25-13-9-21-38(45)39-22-10-14-26-46(39)50;1-3-4-2;1-3-2;1-2/h1-31H;3-4H,1-2H2;3H,1H2,2H3;1-2H3. The number of hydrogen-bond acceptors (Lipinski definition) is 1. The molecule has 0 fully saturated rings. The largest absolute Gasteiger partial charge is 0.309 e. The van der Waals surface area contributed by atoms with Crippen molar-refractivity contribution in [2.75, 3.05) is 0 Å². The molecule has 3 aromatic heterocycles. The Morgan fingerprint density at radius 2 is 0.763 bits per heavy atom. The van der Waals surface area contributed by atoms with Gasteiger partial charge in [0.1, 0.15) is 0 Å². The van der Waals surface area contributed by atoms with Gasteiger partial charge < -0.3 is 9.13 Å². The summed E-state index contributed by atoms with van der Waals surface area (Å²) in [6, 6.07) is 67.3. The lowest BCUT2D eigenvalue weighted by atomic mass is 9.97. The number of rotatable bonds is 6. The maximum Gasteiger partial charge on any atom is 0.0715 e. The first kappa shape index (κ1) is 39.7. The summed E-state index contributed by atoms with van der Waals surface area (Å²) in [7, 11) is 0. The van der Waals surface area contributed by atoms with Crippen LogP contribution in [0.2, 0.25) is 0 Å². The molecule has 288 valence electrons. The van der Waals surface area contributed by atoms with Crippen molar-refractivity contribution in [2.45, 2.75) is 20.8 Å². The summed E-state index contributed by atoms with van der Waals surface area (Å²) in [6.45, 7) is 16.0. The van der Waals surface area contributed by atoms with Crippen molar-refractivity contribution in [1.29, 1.82) is 0 Å². The number of para-hydroxylation sites is 4. The van der Waals surface area contributed by atoms with Crippen molar-refractivity contribution in [3.05, 3.63) is 226 Å². The third kappa shape index (κ3) is 7.92. The second kappa shape index (κ2) is 18.6. The Morgan fingerprint density at radius 1 is 0.407 bits per heavy atom. The Bertz CT molecular complexity index is 2850. The molecule has 3 heteroatoms. The van der Waals surface area contributed by atoms with Crippen LogP contribution in [0.3, 0.4) is 0 Å². The Hall–Kier alpha value is -7.49. The van der Waals surface area contributed by atoms with E-state index in [1.807, 2.05) is 20.8 Å². The zero-order valence-corrected chi connectivity index (χ0v) is 34.1. The summed E-state index contributed by atoms with van der Waals surface area (Å²) < 4.78 is 4.84. The summed E-state index contributed by atoms with van der Waals surface area (Å²) in [5.74, 6) is 0. The SMILES string of the molecule is C=CC.C=CC=C.CC.c1ccc(-c2cc(-c3cc(-n4c5ccccc5c5ccccc54)ccc3-n3c4ccccc4c4ccccc43)cc(-c3ccccc3)n2)cc1. The zero-order valence-electron chi connectivity index (χ0n) is 34.1. The third-order valence-corrected chi connectivity index (χ3v) is 10.1. The number of fused-ring (bicyclic) bond motifs is 6. The van der Waals surface area contributed by atoms with Crippen LogP contribution in [0.25, 0.3) is 88.6 Å². The van der Waals surface area contributed by atoms with Gasteiger partial charge in [0.05, 0.1) is 39.1 Å². The molecule has 0 saturated carbocycles. The van der Waals surface area contributed by atoms with Crippen LogP contribution < -0.4 is 0 Å². The van der Waals surface area contributed by atoms with E-state index in [9.17, 15) is 0 Å². The van der Waals surface area contributed by atoms with Crippen molar-refractivity contribution in [3.63, 3.8) is 0 Å². The molecule has 3 heterocycles. The molecule has 0 unspecified atom stereocenters. The molecular weight excluding hydrogens is 715 g/mol. The van der Waals surface area contributed by atoms with Crippen molar-refractivity contribution in [1.82, 2.24) is 14.1 Å². The molecule has 59 heavy (non-hydrogen) atoms. The number of allylic oxidation sites excluding steroid dienone is 3. The van der Waals surface area contributed by atoms with Gasteiger partial charge in [0.25, 0.3) is 0 Å². The van der Waals surface area contributed by atoms with Crippen LogP contribution in [-0.4, -0.2) is 14.1 Å². The lowest BCUT2D eigenvalue weighted by molar-refractivity contribution is 1.15. The monoisotopic (exact) mass is 763 g/mol. The van der Waals surface area contributed by atoms with E-state index in [-0.39, 0.29) is 0 Å². The van der Waals surface area contributed by atoms with E-state index < -0.39 is 0 Å². The van der Waals surface area contributed by atoms with E-state index in [0.29, 0.717) is 0 Å². The minimum Gasteiger partial charge on any atom is -0.309 e. The molecule has 0 aliphatic carbocycles. The molecule has 10 aromatic rings. The molecule has 0 saturated heterocycles. The maximum absolute atomic E-state index is 5.23. The lowest BCUT2D eigenvalue weighted by Crippen LogP contribution is -2.01. The molecule has 10 rings (SSSR count). The average molecular weight is 764 g/mol. The Balaban J connectivity index is 0.000000541. The predicted octanol–water partition coefficient (Wildman–Crippen LogP) is 15.9. The first-order valence-electron chi connectivity index (χ1n) is 20.2. The van der Waals surface area contributed by atoms with E-state index in [1.54, 1.807) is 18.2 Å². The van der Waals surface area contributed by atoms with Crippen LogP contribution in [-0.2, 0) is 0 Å². The minimum absolute atomic E-state index is 0.942. The number of benzene rings is 7. The fraction of sp³-hybridized carbons (Fsp3) is 0.0536. The summed E-state index contributed by atoms with van der Waals surface area (Å²) in [4.78, 5) is 5.23. The van der Waals surface area contributed by atoms with Gasteiger partial charge in [0.2, 0.25) is 0 Å². The second-order valence-corrected chi connectivity index (χ2v) is 13.7. The normalized spacial score (nSPS) is 10.5. The van der Waals surface area contributed by atoms with Crippen LogP contribution in [0.5, 0.6) is 0 Å². The summed E-state index contributed by atoms with van der Waals surface area (Å²) in [5, 5.41) is 4.98. The van der Waals surface area contributed by atoms with Crippen molar-refractivity contribution in [3.8, 4) is 45.0 Å². The van der Waals surface area contributed by atoms with Crippen LogP contribution in [0.15, 0.2) is 226 Å². The zero-order chi connectivity index (χ0) is 41.1. The van der Waals surface area contributed by atoms with Gasteiger partial charge >= 0.3 is 0 Å². The third-order valence-electron chi connectivity index (χ3n) is 10.1. The Kier molecular flexibility index (Phi) is 12.6. The number of hydrogen-bond donors (Lipinski definition) is 0. The molecule has 3 nitrogen and oxygen atoms in total. The smallest absolute Gasteiger partial charge is 0.0715 e. The molecule has 0 radical (unpaired) electrons. The van der Waals surface area contributed by atoms with Gasteiger partial charge in [-0.1, -0.05) is 179 Å². The van der Waals surface area contributed by atoms with E-state index in [0.717, 1.165) is 45.0 Å². The highest BCUT2D eigenvalue weighted by Gasteiger charge is 2.20. The number of pyridine rings is 1. The van der Waals surface area contributed by atoms with Gasteiger partial charge in [-0.05, 0) is 67.1 Å². The molecule has 0 bridgehead atoms. The van der Waals surface area contributed by atoms with Gasteiger partial charge in [0, 0.05) is 43.9 Å². The predicted molar refractivity (Wildman–Crippen MR) is 257 cm³/mol. The van der Waals surface area contributed by atoms with Gasteiger partial charge in [-0.3, -0.25) is 0 Å².